The Hall–Kier alpha value is -7.13. The standard InChI is InChI=1S/C57H39NS/c1-38-45(26-9-8-22-41-23-17-32-46(57(41)59-38)39-18-4-2-5-19-39)42-34-35-54-52(37-42)47-27-14-15-33-53(47)58(54)44-25-16-24-43(36-44)56-50-30-12-10-28-48(50)55(40-20-6-3-7-21-40)49-29-11-13-31-51(49)56/h2-21,23-37H,1,22H2/b9-8-,45-26?. The lowest BCUT2D eigenvalue weighted by molar-refractivity contribution is 1.18. The maximum Gasteiger partial charge on any atom is 0.0541 e. The zero-order valence-corrected chi connectivity index (χ0v) is 33.3. The Morgan fingerprint density at radius 3 is 1.73 bits per heavy atom. The summed E-state index contributed by atoms with van der Waals surface area (Å²) in [6, 6.07) is 70.8. The number of aromatic nitrogens is 1. The number of allylic oxidation sites excluding steroid dienone is 4. The first-order valence-corrected chi connectivity index (χ1v) is 21.1. The second-order valence-electron chi connectivity index (χ2n) is 15.2. The summed E-state index contributed by atoms with van der Waals surface area (Å²) in [6.45, 7) is 4.70. The van der Waals surface area contributed by atoms with Crippen LogP contribution in [0.2, 0.25) is 0 Å². The first-order chi connectivity index (χ1) is 29.2. The molecule has 0 bridgehead atoms. The van der Waals surface area contributed by atoms with E-state index in [1.54, 1.807) is 11.8 Å². The van der Waals surface area contributed by atoms with E-state index in [-0.39, 0.29) is 0 Å². The molecular weight excluding hydrogens is 731 g/mol. The van der Waals surface area contributed by atoms with E-state index >= 15 is 0 Å². The average molecular weight is 770 g/mol. The second-order valence-corrected chi connectivity index (χ2v) is 16.3. The van der Waals surface area contributed by atoms with Crippen LogP contribution in [-0.4, -0.2) is 4.57 Å². The maximum atomic E-state index is 4.70. The van der Waals surface area contributed by atoms with Crippen molar-refractivity contribution in [2.24, 2.45) is 0 Å². The van der Waals surface area contributed by atoms with Crippen molar-refractivity contribution in [2.45, 2.75) is 11.3 Å². The number of hydrogen-bond donors (Lipinski definition) is 0. The first kappa shape index (κ1) is 35.1. The molecule has 0 saturated heterocycles. The normalized spacial score (nSPS) is 13.6. The molecule has 0 aliphatic carbocycles. The van der Waals surface area contributed by atoms with Crippen molar-refractivity contribution in [2.75, 3.05) is 0 Å². The lowest BCUT2D eigenvalue weighted by atomic mass is 9.86. The van der Waals surface area contributed by atoms with Gasteiger partial charge in [-0.15, -0.1) is 0 Å². The molecule has 278 valence electrons. The highest BCUT2D eigenvalue weighted by atomic mass is 32.2. The molecule has 59 heavy (non-hydrogen) atoms. The van der Waals surface area contributed by atoms with Crippen LogP contribution in [0.15, 0.2) is 229 Å². The van der Waals surface area contributed by atoms with E-state index in [9.17, 15) is 0 Å². The van der Waals surface area contributed by atoms with Gasteiger partial charge in [-0.2, -0.15) is 0 Å². The zero-order valence-electron chi connectivity index (χ0n) is 32.5. The van der Waals surface area contributed by atoms with Crippen LogP contribution in [0.5, 0.6) is 0 Å². The molecule has 0 saturated carbocycles. The fourth-order valence-corrected chi connectivity index (χ4v) is 10.3. The van der Waals surface area contributed by atoms with Gasteiger partial charge in [0.15, 0.2) is 0 Å². The number of fused-ring (bicyclic) bond motifs is 6. The second kappa shape index (κ2) is 14.7. The molecule has 2 heterocycles. The topological polar surface area (TPSA) is 4.93 Å². The Labute approximate surface area is 348 Å². The summed E-state index contributed by atoms with van der Waals surface area (Å²) in [6.07, 6.45) is 7.58. The largest absolute Gasteiger partial charge is 0.309 e. The number of rotatable bonds is 5. The third-order valence-electron chi connectivity index (χ3n) is 11.8. The van der Waals surface area contributed by atoms with E-state index in [0.717, 1.165) is 28.1 Å². The fourth-order valence-electron chi connectivity index (χ4n) is 9.17. The smallest absolute Gasteiger partial charge is 0.0541 e. The molecule has 0 unspecified atom stereocenters. The molecule has 0 atom stereocenters. The van der Waals surface area contributed by atoms with Gasteiger partial charge in [0.2, 0.25) is 0 Å². The van der Waals surface area contributed by atoms with E-state index in [4.69, 9.17) is 6.58 Å². The summed E-state index contributed by atoms with van der Waals surface area (Å²) >= 11 is 1.79. The lowest BCUT2D eigenvalue weighted by Gasteiger charge is -2.18. The van der Waals surface area contributed by atoms with E-state index in [2.05, 4.69) is 217 Å². The predicted molar refractivity (Wildman–Crippen MR) is 254 cm³/mol. The fraction of sp³-hybridized carbons (Fsp3) is 0.0175. The Morgan fingerprint density at radius 1 is 0.441 bits per heavy atom. The Bertz CT molecular complexity index is 3270. The van der Waals surface area contributed by atoms with Crippen LogP contribution in [0.4, 0.5) is 0 Å². The summed E-state index contributed by atoms with van der Waals surface area (Å²) in [5.41, 5.74) is 14.6. The van der Waals surface area contributed by atoms with E-state index in [0.29, 0.717) is 0 Å². The van der Waals surface area contributed by atoms with E-state index < -0.39 is 0 Å². The molecule has 11 rings (SSSR count). The van der Waals surface area contributed by atoms with Gasteiger partial charge >= 0.3 is 0 Å². The number of hydrogen-bond acceptors (Lipinski definition) is 1. The van der Waals surface area contributed by atoms with Crippen molar-refractivity contribution in [1.82, 2.24) is 4.57 Å². The van der Waals surface area contributed by atoms with Crippen LogP contribution < -0.4 is 0 Å². The third kappa shape index (κ3) is 6.04. The maximum absolute atomic E-state index is 4.70. The summed E-state index contributed by atoms with van der Waals surface area (Å²) in [4.78, 5) is 2.31. The molecule has 0 spiro atoms. The third-order valence-corrected chi connectivity index (χ3v) is 13.0. The molecule has 1 nitrogen and oxygen atoms in total. The first-order valence-electron chi connectivity index (χ1n) is 20.3. The monoisotopic (exact) mass is 769 g/mol. The molecule has 0 N–H and O–H groups in total. The molecular formula is C57H39NS. The van der Waals surface area contributed by atoms with Gasteiger partial charge in [-0.05, 0) is 108 Å². The van der Waals surface area contributed by atoms with Crippen molar-refractivity contribution in [3.8, 4) is 39.1 Å². The number of para-hydroxylation sites is 1. The summed E-state index contributed by atoms with van der Waals surface area (Å²) in [5.74, 6) is 0. The molecule has 0 radical (unpaired) electrons. The molecule has 10 aromatic rings. The van der Waals surface area contributed by atoms with Crippen LogP contribution >= 0.6 is 11.8 Å². The zero-order chi connectivity index (χ0) is 39.3. The summed E-state index contributed by atoms with van der Waals surface area (Å²) in [7, 11) is 0. The minimum atomic E-state index is 0.869. The van der Waals surface area contributed by atoms with E-state index in [1.165, 1.54) is 87.2 Å². The Kier molecular flexibility index (Phi) is 8.72. The van der Waals surface area contributed by atoms with Crippen molar-refractivity contribution in [3.05, 3.63) is 235 Å². The number of thioether (sulfide) groups is 1. The van der Waals surface area contributed by atoms with Gasteiger partial charge in [-0.3, -0.25) is 0 Å². The molecule has 1 aromatic heterocycles. The highest BCUT2D eigenvalue weighted by Crippen LogP contribution is 2.46. The van der Waals surface area contributed by atoms with Crippen molar-refractivity contribution < 1.29 is 0 Å². The van der Waals surface area contributed by atoms with Gasteiger partial charge in [0.1, 0.15) is 0 Å². The van der Waals surface area contributed by atoms with Crippen LogP contribution in [0.25, 0.3) is 88.0 Å². The van der Waals surface area contributed by atoms with Crippen LogP contribution in [-0.2, 0) is 6.42 Å². The molecule has 1 aliphatic rings. The molecule has 1 aliphatic heterocycles. The van der Waals surface area contributed by atoms with Crippen LogP contribution in [0.1, 0.15) is 11.1 Å². The van der Waals surface area contributed by atoms with Gasteiger partial charge < -0.3 is 4.57 Å². The van der Waals surface area contributed by atoms with Crippen LogP contribution in [0.3, 0.4) is 0 Å². The lowest BCUT2D eigenvalue weighted by Crippen LogP contribution is -1.96. The van der Waals surface area contributed by atoms with Crippen LogP contribution in [0, 0.1) is 0 Å². The highest BCUT2D eigenvalue weighted by Gasteiger charge is 2.20. The van der Waals surface area contributed by atoms with Gasteiger partial charge in [-0.1, -0.05) is 200 Å². The number of nitrogens with zero attached hydrogens (tertiary/aromatic N) is 1. The SMILES string of the molecule is C=C1Sc2c(cccc2-c2ccccc2)C/C=C\C=C1c1ccc2c(c1)c1ccccc1n2-c1cccc(-c2c3ccccc3c(-c3ccccc3)c3ccccc23)c1. The minimum absolute atomic E-state index is 0.869. The number of benzene rings is 9. The van der Waals surface area contributed by atoms with Gasteiger partial charge in [-0.25, -0.2) is 0 Å². The van der Waals surface area contributed by atoms with Gasteiger partial charge in [0.05, 0.1) is 11.0 Å². The predicted octanol–water partition coefficient (Wildman–Crippen LogP) is 15.9. The Morgan fingerprint density at radius 2 is 1.02 bits per heavy atom. The van der Waals surface area contributed by atoms with E-state index in [1.807, 2.05) is 0 Å². The van der Waals surface area contributed by atoms with Gasteiger partial charge in [0, 0.05) is 26.3 Å². The molecule has 0 amide bonds. The van der Waals surface area contributed by atoms with Crippen molar-refractivity contribution in [1.29, 1.82) is 0 Å². The summed E-state index contributed by atoms with van der Waals surface area (Å²) < 4.78 is 2.43. The van der Waals surface area contributed by atoms with Gasteiger partial charge in [0.25, 0.3) is 0 Å². The Balaban J connectivity index is 1.05. The molecule has 9 aromatic carbocycles. The van der Waals surface area contributed by atoms with Crippen molar-refractivity contribution in [3.63, 3.8) is 0 Å². The minimum Gasteiger partial charge on any atom is -0.309 e. The molecule has 2 heteroatoms. The highest BCUT2D eigenvalue weighted by molar-refractivity contribution is 8.03. The quantitative estimate of drug-likeness (QED) is 0.158. The summed E-state index contributed by atoms with van der Waals surface area (Å²) in [5, 5.41) is 7.48. The average Bonchev–Trinajstić information content (AvgIpc) is 3.66. The molecule has 0 fully saturated rings. The van der Waals surface area contributed by atoms with Crippen molar-refractivity contribution >= 4 is 60.7 Å².